The van der Waals surface area contributed by atoms with E-state index in [9.17, 15) is 4.79 Å². The summed E-state index contributed by atoms with van der Waals surface area (Å²) in [5.41, 5.74) is 1.72. The fraction of sp³-hybridized carbons (Fsp3) is 0.364. The highest BCUT2D eigenvalue weighted by atomic mass is 79.9. The summed E-state index contributed by atoms with van der Waals surface area (Å²) in [5, 5.41) is 0.960. The van der Waals surface area contributed by atoms with Crippen molar-refractivity contribution in [1.29, 1.82) is 0 Å². The topological polar surface area (TPSA) is 26.3 Å². The maximum absolute atomic E-state index is 11.4. The lowest BCUT2D eigenvalue weighted by Crippen LogP contribution is -2.04. The molecule has 0 aromatic heterocycles. The van der Waals surface area contributed by atoms with Gasteiger partial charge in [0.25, 0.3) is 0 Å². The fourth-order valence-electron chi connectivity index (χ4n) is 1.30. The number of benzene rings is 1. The molecule has 2 nitrogen and oxygen atoms in total. The van der Waals surface area contributed by atoms with Crippen LogP contribution in [0.25, 0.3) is 0 Å². The van der Waals surface area contributed by atoms with Gasteiger partial charge in [0, 0.05) is 9.80 Å². The Morgan fingerprint density at radius 1 is 1.47 bits per heavy atom. The Labute approximate surface area is 106 Å². The molecule has 0 bridgehead atoms. The Morgan fingerprint density at radius 3 is 2.80 bits per heavy atom. The van der Waals surface area contributed by atoms with Crippen molar-refractivity contribution in [2.75, 3.05) is 12.4 Å². The van der Waals surface area contributed by atoms with Gasteiger partial charge in [-0.2, -0.15) is 0 Å². The van der Waals surface area contributed by atoms with Crippen molar-refractivity contribution in [1.82, 2.24) is 0 Å². The minimum Gasteiger partial charge on any atom is -0.465 e. The summed E-state index contributed by atoms with van der Waals surface area (Å²) in [4.78, 5) is 11.4. The summed E-state index contributed by atoms with van der Waals surface area (Å²) in [6, 6.07) is 5.65. The highest BCUT2D eigenvalue weighted by molar-refractivity contribution is 9.10. The lowest BCUT2D eigenvalue weighted by Gasteiger charge is -2.07. The van der Waals surface area contributed by atoms with Crippen LogP contribution < -0.4 is 0 Å². The van der Waals surface area contributed by atoms with Crippen LogP contribution in [0.15, 0.2) is 22.7 Å². The van der Waals surface area contributed by atoms with Gasteiger partial charge in [-0.05, 0) is 40.4 Å². The molecule has 0 fully saturated rings. The number of aryl methyl sites for hydroxylation is 1. The summed E-state index contributed by atoms with van der Waals surface area (Å²) in [6.45, 7) is 0. The van der Waals surface area contributed by atoms with Crippen LogP contribution in [0.3, 0.4) is 0 Å². The van der Waals surface area contributed by atoms with Crippen LogP contribution >= 0.6 is 31.9 Å². The average molecular weight is 336 g/mol. The summed E-state index contributed by atoms with van der Waals surface area (Å²) in [7, 11) is 1.39. The number of carbonyl (C=O) groups excluding carboxylic acids is 1. The van der Waals surface area contributed by atoms with Crippen LogP contribution in [0.2, 0.25) is 0 Å². The van der Waals surface area contributed by atoms with Crippen LogP contribution in [0.1, 0.15) is 22.3 Å². The Hall–Kier alpha value is -0.350. The molecular weight excluding hydrogens is 324 g/mol. The van der Waals surface area contributed by atoms with Gasteiger partial charge in [0.2, 0.25) is 0 Å². The first-order valence-electron chi connectivity index (χ1n) is 4.62. The number of esters is 1. The van der Waals surface area contributed by atoms with Crippen molar-refractivity contribution in [2.45, 2.75) is 12.8 Å². The second kappa shape index (κ2) is 6.28. The minimum absolute atomic E-state index is 0.303. The Bertz CT molecular complexity index is 350. The third-order valence-electron chi connectivity index (χ3n) is 2.06. The van der Waals surface area contributed by atoms with E-state index in [-0.39, 0.29) is 5.97 Å². The zero-order valence-corrected chi connectivity index (χ0v) is 11.6. The standard InChI is InChI=1S/C11H12Br2O2/c1-15-11(14)9-6-2-4-8(10(9)13)5-3-7-12/h2,4,6H,3,5,7H2,1H3. The summed E-state index contributed by atoms with van der Waals surface area (Å²) < 4.78 is 5.54. The number of ether oxygens (including phenoxy) is 1. The molecule has 82 valence electrons. The second-order valence-corrected chi connectivity index (χ2v) is 4.65. The lowest BCUT2D eigenvalue weighted by atomic mass is 10.1. The number of hydrogen-bond donors (Lipinski definition) is 0. The smallest absolute Gasteiger partial charge is 0.339 e. The van der Waals surface area contributed by atoms with Gasteiger partial charge >= 0.3 is 5.97 Å². The van der Waals surface area contributed by atoms with E-state index in [1.165, 1.54) is 7.11 Å². The quantitative estimate of drug-likeness (QED) is 0.621. The molecule has 0 aliphatic carbocycles. The molecule has 1 aromatic carbocycles. The van der Waals surface area contributed by atoms with Crippen LogP contribution in [-0.4, -0.2) is 18.4 Å². The molecule has 0 aliphatic rings. The molecule has 1 rings (SSSR count). The molecule has 4 heteroatoms. The number of rotatable bonds is 4. The molecule has 0 spiro atoms. The lowest BCUT2D eigenvalue weighted by molar-refractivity contribution is 0.0599. The van der Waals surface area contributed by atoms with Crippen molar-refractivity contribution in [3.05, 3.63) is 33.8 Å². The Balaban J connectivity index is 2.95. The molecule has 0 amide bonds. The Morgan fingerprint density at radius 2 is 2.20 bits per heavy atom. The largest absolute Gasteiger partial charge is 0.465 e. The summed E-state index contributed by atoms with van der Waals surface area (Å²) in [6.07, 6.45) is 1.99. The average Bonchev–Trinajstić information content (AvgIpc) is 2.27. The number of halogens is 2. The predicted molar refractivity (Wildman–Crippen MR) is 67.6 cm³/mol. The summed E-state index contributed by atoms with van der Waals surface area (Å²) in [5.74, 6) is -0.303. The third kappa shape index (κ3) is 3.31. The molecule has 0 radical (unpaired) electrons. The zero-order chi connectivity index (χ0) is 11.3. The van der Waals surface area contributed by atoms with E-state index < -0.39 is 0 Å². The normalized spacial score (nSPS) is 10.1. The molecule has 1 aromatic rings. The van der Waals surface area contributed by atoms with E-state index in [2.05, 4.69) is 31.9 Å². The number of carbonyl (C=O) groups is 1. The zero-order valence-electron chi connectivity index (χ0n) is 8.43. The van der Waals surface area contributed by atoms with Gasteiger partial charge in [-0.15, -0.1) is 0 Å². The van der Waals surface area contributed by atoms with Gasteiger partial charge in [-0.3, -0.25) is 0 Å². The molecule has 0 atom stereocenters. The van der Waals surface area contributed by atoms with Crippen molar-refractivity contribution in [3.63, 3.8) is 0 Å². The predicted octanol–water partition coefficient (Wildman–Crippen LogP) is 3.56. The van der Waals surface area contributed by atoms with Gasteiger partial charge < -0.3 is 4.74 Å². The molecule has 0 aliphatic heterocycles. The van der Waals surface area contributed by atoms with E-state index in [1.807, 2.05) is 12.1 Å². The van der Waals surface area contributed by atoms with Crippen molar-refractivity contribution < 1.29 is 9.53 Å². The van der Waals surface area contributed by atoms with E-state index in [0.717, 1.165) is 28.2 Å². The van der Waals surface area contributed by atoms with Crippen LogP contribution in [-0.2, 0) is 11.2 Å². The van der Waals surface area contributed by atoms with Crippen LogP contribution in [0.4, 0.5) is 0 Å². The maximum atomic E-state index is 11.4. The van der Waals surface area contributed by atoms with Crippen molar-refractivity contribution in [2.24, 2.45) is 0 Å². The van der Waals surface area contributed by atoms with Crippen molar-refractivity contribution >= 4 is 37.8 Å². The highest BCUT2D eigenvalue weighted by Gasteiger charge is 2.12. The molecule has 0 heterocycles. The Kier molecular flexibility index (Phi) is 5.32. The third-order valence-corrected chi connectivity index (χ3v) is 3.56. The van der Waals surface area contributed by atoms with E-state index in [1.54, 1.807) is 6.07 Å². The molecular formula is C11H12Br2O2. The van der Waals surface area contributed by atoms with Gasteiger partial charge in [0.15, 0.2) is 0 Å². The fourth-order valence-corrected chi connectivity index (χ4v) is 2.20. The number of hydrogen-bond acceptors (Lipinski definition) is 2. The molecule has 0 N–H and O–H groups in total. The van der Waals surface area contributed by atoms with E-state index >= 15 is 0 Å². The van der Waals surface area contributed by atoms with Gasteiger partial charge in [-0.1, -0.05) is 28.1 Å². The first kappa shape index (κ1) is 12.7. The number of methoxy groups -OCH3 is 1. The van der Waals surface area contributed by atoms with Gasteiger partial charge in [0.1, 0.15) is 0 Å². The summed E-state index contributed by atoms with van der Waals surface area (Å²) >= 11 is 6.82. The van der Waals surface area contributed by atoms with E-state index in [0.29, 0.717) is 5.56 Å². The minimum atomic E-state index is -0.303. The maximum Gasteiger partial charge on any atom is 0.339 e. The van der Waals surface area contributed by atoms with Gasteiger partial charge in [-0.25, -0.2) is 4.79 Å². The first-order chi connectivity index (χ1) is 7.20. The highest BCUT2D eigenvalue weighted by Crippen LogP contribution is 2.23. The second-order valence-electron chi connectivity index (χ2n) is 3.06. The van der Waals surface area contributed by atoms with Crippen LogP contribution in [0, 0.1) is 0 Å². The molecule has 15 heavy (non-hydrogen) atoms. The van der Waals surface area contributed by atoms with Crippen molar-refractivity contribution in [3.8, 4) is 0 Å². The van der Waals surface area contributed by atoms with E-state index in [4.69, 9.17) is 4.74 Å². The molecule has 0 unspecified atom stereocenters. The van der Waals surface area contributed by atoms with Crippen LogP contribution in [0.5, 0.6) is 0 Å². The molecule has 0 saturated carbocycles. The molecule has 0 saturated heterocycles. The monoisotopic (exact) mass is 334 g/mol. The SMILES string of the molecule is COC(=O)c1cccc(CCCBr)c1Br. The number of alkyl halides is 1. The first-order valence-corrected chi connectivity index (χ1v) is 6.53. The van der Waals surface area contributed by atoms with Gasteiger partial charge in [0.05, 0.1) is 12.7 Å².